The molecule has 9 heteroatoms. The zero-order chi connectivity index (χ0) is 21.0. The highest BCUT2D eigenvalue weighted by Crippen LogP contribution is 2.35. The van der Waals surface area contributed by atoms with Crippen LogP contribution in [0.25, 0.3) is 0 Å². The van der Waals surface area contributed by atoms with Crippen LogP contribution >= 0.6 is 34.5 Å². The van der Waals surface area contributed by atoms with E-state index >= 15 is 0 Å². The van der Waals surface area contributed by atoms with Crippen LogP contribution in [0.15, 0.2) is 42.5 Å². The first-order valence-electron chi connectivity index (χ1n) is 8.49. The van der Waals surface area contributed by atoms with Gasteiger partial charge >= 0.3 is 5.97 Å². The van der Waals surface area contributed by atoms with Gasteiger partial charge in [-0.05, 0) is 24.6 Å². The van der Waals surface area contributed by atoms with Crippen LogP contribution in [0.3, 0.4) is 0 Å². The molecule has 1 amide bonds. The number of nitrogens with zero attached hydrogens (tertiary/aromatic N) is 1. The number of amides is 1. The molecule has 0 spiro atoms. The Morgan fingerprint density at radius 2 is 1.83 bits per heavy atom. The number of benzene rings is 2. The molecule has 1 aromatic heterocycles. The number of anilines is 1. The molecule has 0 bridgehead atoms. The summed E-state index contributed by atoms with van der Waals surface area (Å²) in [7, 11) is 0. The van der Waals surface area contributed by atoms with Crippen LogP contribution in [0.4, 0.5) is 5.82 Å². The SMILES string of the molecule is Cc1nc(NC(=O)Cc2c(Cl)ccc(Cl)c2OCc2ccccc2)c(C(=O)O)s1. The maximum Gasteiger partial charge on any atom is 0.349 e. The summed E-state index contributed by atoms with van der Waals surface area (Å²) in [5, 5.41) is 13.0. The van der Waals surface area contributed by atoms with E-state index in [0.29, 0.717) is 26.4 Å². The summed E-state index contributed by atoms with van der Waals surface area (Å²) in [6.45, 7) is 1.92. The zero-order valence-electron chi connectivity index (χ0n) is 15.2. The van der Waals surface area contributed by atoms with Crippen molar-refractivity contribution in [1.29, 1.82) is 0 Å². The third-order valence-electron chi connectivity index (χ3n) is 3.90. The van der Waals surface area contributed by atoms with E-state index in [1.165, 1.54) is 0 Å². The molecule has 0 aliphatic heterocycles. The fraction of sp³-hybridized carbons (Fsp3) is 0.150. The maximum absolute atomic E-state index is 12.6. The first-order valence-corrected chi connectivity index (χ1v) is 10.1. The number of halogens is 2. The van der Waals surface area contributed by atoms with Gasteiger partial charge in [0.15, 0.2) is 10.7 Å². The molecule has 0 radical (unpaired) electrons. The van der Waals surface area contributed by atoms with Crippen molar-refractivity contribution in [3.05, 3.63) is 73.5 Å². The van der Waals surface area contributed by atoms with Crippen molar-refractivity contribution in [3.8, 4) is 5.75 Å². The molecule has 0 atom stereocenters. The standard InChI is InChI=1S/C20H16Cl2N2O4S/c1-11-23-19(18(29-11)20(26)27)24-16(25)9-13-14(21)7-8-15(22)17(13)28-10-12-5-3-2-4-6-12/h2-8H,9-10H2,1H3,(H,24,25)(H,26,27). The lowest BCUT2D eigenvalue weighted by atomic mass is 10.1. The van der Waals surface area contributed by atoms with Crippen LogP contribution in [0.1, 0.15) is 25.8 Å². The summed E-state index contributed by atoms with van der Waals surface area (Å²) in [5.41, 5.74) is 1.35. The van der Waals surface area contributed by atoms with Crippen molar-refractivity contribution in [1.82, 2.24) is 4.98 Å². The average Bonchev–Trinajstić information content (AvgIpc) is 3.05. The number of ether oxygens (including phenoxy) is 1. The number of aromatic nitrogens is 1. The number of hydrogen-bond donors (Lipinski definition) is 2. The van der Waals surface area contributed by atoms with Gasteiger partial charge in [-0.1, -0.05) is 53.5 Å². The molecular weight excluding hydrogens is 435 g/mol. The highest BCUT2D eigenvalue weighted by molar-refractivity contribution is 7.14. The summed E-state index contributed by atoms with van der Waals surface area (Å²) in [5.74, 6) is -1.31. The fourth-order valence-corrected chi connectivity index (χ4v) is 3.78. The lowest BCUT2D eigenvalue weighted by molar-refractivity contribution is -0.115. The average molecular weight is 451 g/mol. The number of nitrogens with one attached hydrogen (secondary N) is 1. The van der Waals surface area contributed by atoms with E-state index in [0.717, 1.165) is 16.9 Å². The lowest BCUT2D eigenvalue weighted by Gasteiger charge is -2.15. The van der Waals surface area contributed by atoms with Gasteiger partial charge in [-0.15, -0.1) is 11.3 Å². The van der Waals surface area contributed by atoms with Gasteiger partial charge in [-0.2, -0.15) is 0 Å². The molecule has 2 aromatic carbocycles. The lowest BCUT2D eigenvalue weighted by Crippen LogP contribution is -2.17. The molecule has 0 unspecified atom stereocenters. The number of carboxylic acid groups (broad SMARTS) is 1. The van der Waals surface area contributed by atoms with Crippen molar-refractivity contribution < 1.29 is 19.4 Å². The Kier molecular flexibility index (Phi) is 6.74. The van der Waals surface area contributed by atoms with Crippen LogP contribution in [0, 0.1) is 6.92 Å². The molecule has 29 heavy (non-hydrogen) atoms. The number of aromatic carboxylic acids is 1. The van der Waals surface area contributed by atoms with E-state index in [1.807, 2.05) is 30.3 Å². The van der Waals surface area contributed by atoms with Gasteiger partial charge in [0.05, 0.1) is 16.5 Å². The van der Waals surface area contributed by atoms with E-state index in [-0.39, 0.29) is 23.7 Å². The number of hydrogen-bond acceptors (Lipinski definition) is 5. The summed E-state index contributed by atoms with van der Waals surface area (Å²) in [4.78, 5) is 27.9. The molecule has 0 saturated heterocycles. The Morgan fingerprint density at radius 3 is 2.52 bits per heavy atom. The molecule has 6 nitrogen and oxygen atoms in total. The smallest absolute Gasteiger partial charge is 0.349 e. The molecule has 2 N–H and O–H groups in total. The number of carbonyl (C=O) groups excluding carboxylic acids is 1. The predicted octanol–water partition coefficient (Wildman–Crippen LogP) is 5.22. The topological polar surface area (TPSA) is 88.5 Å². The van der Waals surface area contributed by atoms with Crippen molar-refractivity contribution in [2.45, 2.75) is 20.0 Å². The zero-order valence-corrected chi connectivity index (χ0v) is 17.6. The van der Waals surface area contributed by atoms with Gasteiger partial charge in [0.25, 0.3) is 0 Å². The highest BCUT2D eigenvalue weighted by atomic mass is 35.5. The molecule has 0 fully saturated rings. The van der Waals surface area contributed by atoms with Crippen LogP contribution < -0.4 is 10.1 Å². The number of thiazole rings is 1. The molecule has 0 saturated carbocycles. The summed E-state index contributed by atoms with van der Waals surface area (Å²) >= 11 is 13.6. The Labute approximate surface area is 181 Å². The molecular formula is C20H16Cl2N2O4S. The summed E-state index contributed by atoms with van der Waals surface area (Å²) in [6.07, 6.45) is -0.154. The van der Waals surface area contributed by atoms with Gasteiger partial charge in [0.1, 0.15) is 12.4 Å². The molecule has 0 aliphatic carbocycles. The number of carboxylic acids is 1. The minimum atomic E-state index is -1.15. The van der Waals surface area contributed by atoms with E-state index in [9.17, 15) is 14.7 Å². The predicted molar refractivity (Wildman–Crippen MR) is 113 cm³/mol. The largest absolute Gasteiger partial charge is 0.487 e. The molecule has 3 rings (SSSR count). The normalized spacial score (nSPS) is 10.6. The van der Waals surface area contributed by atoms with Gasteiger partial charge < -0.3 is 15.2 Å². The van der Waals surface area contributed by atoms with E-state index in [4.69, 9.17) is 27.9 Å². The number of aryl methyl sites for hydroxylation is 1. The number of rotatable bonds is 7. The third-order valence-corrected chi connectivity index (χ3v) is 5.52. The Bertz CT molecular complexity index is 1050. The fourth-order valence-electron chi connectivity index (χ4n) is 2.62. The minimum Gasteiger partial charge on any atom is -0.487 e. The van der Waals surface area contributed by atoms with Crippen molar-refractivity contribution in [2.24, 2.45) is 0 Å². The van der Waals surface area contributed by atoms with Crippen LogP contribution in [0.2, 0.25) is 10.0 Å². The van der Waals surface area contributed by atoms with E-state index in [1.54, 1.807) is 19.1 Å². The quantitative estimate of drug-likeness (QED) is 0.515. The first kappa shape index (κ1) is 21.1. The van der Waals surface area contributed by atoms with Gasteiger partial charge in [0, 0.05) is 10.6 Å². The molecule has 1 heterocycles. The Balaban J connectivity index is 1.80. The van der Waals surface area contributed by atoms with Crippen molar-refractivity contribution in [3.63, 3.8) is 0 Å². The van der Waals surface area contributed by atoms with Crippen LogP contribution in [-0.2, 0) is 17.8 Å². The van der Waals surface area contributed by atoms with Gasteiger partial charge in [0.2, 0.25) is 5.91 Å². The maximum atomic E-state index is 12.6. The van der Waals surface area contributed by atoms with Crippen molar-refractivity contribution in [2.75, 3.05) is 5.32 Å². The second-order valence-electron chi connectivity index (χ2n) is 6.05. The first-order chi connectivity index (χ1) is 13.8. The summed E-state index contributed by atoms with van der Waals surface area (Å²) < 4.78 is 5.85. The van der Waals surface area contributed by atoms with E-state index < -0.39 is 11.9 Å². The number of carbonyl (C=O) groups is 2. The molecule has 3 aromatic rings. The van der Waals surface area contributed by atoms with Crippen LogP contribution in [0.5, 0.6) is 5.75 Å². The second kappa shape index (κ2) is 9.26. The third kappa shape index (κ3) is 5.26. The van der Waals surface area contributed by atoms with Gasteiger partial charge in [-0.3, -0.25) is 4.79 Å². The Morgan fingerprint density at radius 1 is 1.14 bits per heavy atom. The second-order valence-corrected chi connectivity index (χ2v) is 8.07. The minimum absolute atomic E-state index is 0.00917. The Hall–Kier alpha value is -2.61. The monoisotopic (exact) mass is 450 g/mol. The van der Waals surface area contributed by atoms with E-state index in [2.05, 4.69) is 10.3 Å². The van der Waals surface area contributed by atoms with Gasteiger partial charge in [-0.25, -0.2) is 9.78 Å². The highest BCUT2D eigenvalue weighted by Gasteiger charge is 2.21. The van der Waals surface area contributed by atoms with Crippen molar-refractivity contribution >= 4 is 52.2 Å². The summed E-state index contributed by atoms with van der Waals surface area (Å²) in [6, 6.07) is 12.7. The molecule has 0 aliphatic rings. The van der Waals surface area contributed by atoms with Crippen LogP contribution in [-0.4, -0.2) is 22.0 Å². The molecule has 150 valence electrons.